The molecule has 6 heteroatoms. The SMILES string of the molecule is O=S(=O)(CCc1ccc2c(c1)CCO2)N(Cc1cccc(F)c1)C1CC1. The van der Waals surface area contributed by atoms with Crippen molar-refractivity contribution in [2.75, 3.05) is 12.4 Å². The molecule has 138 valence electrons. The Kier molecular flexibility index (Phi) is 4.71. The third-order valence-electron chi connectivity index (χ3n) is 4.94. The van der Waals surface area contributed by atoms with Crippen molar-refractivity contribution >= 4 is 10.0 Å². The number of hydrogen-bond acceptors (Lipinski definition) is 3. The number of sulfonamides is 1. The molecule has 1 aliphatic heterocycles. The molecule has 0 radical (unpaired) electrons. The Balaban J connectivity index is 1.46. The van der Waals surface area contributed by atoms with Crippen molar-refractivity contribution in [3.63, 3.8) is 0 Å². The van der Waals surface area contributed by atoms with E-state index in [4.69, 9.17) is 4.74 Å². The first-order valence-corrected chi connectivity index (χ1v) is 10.6. The molecule has 1 aliphatic carbocycles. The Labute approximate surface area is 153 Å². The maximum Gasteiger partial charge on any atom is 0.214 e. The average molecular weight is 375 g/mol. The summed E-state index contributed by atoms with van der Waals surface area (Å²) >= 11 is 0. The Bertz CT molecular complexity index is 909. The Hall–Kier alpha value is -1.92. The van der Waals surface area contributed by atoms with Gasteiger partial charge in [0.15, 0.2) is 0 Å². The average Bonchev–Trinajstić information content (AvgIpc) is 3.34. The molecule has 4 rings (SSSR count). The van der Waals surface area contributed by atoms with Gasteiger partial charge < -0.3 is 4.74 Å². The fourth-order valence-corrected chi connectivity index (χ4v) is 5.13. The van der Waals surface area contributed by atoms with Crippen molar-refractivity contribution in [2.45, 2.75) is 38.3 Å². The minimum atomic E-state index is -3.40. The fraction of sp³-hybridized carbons (Fsp3) is 0.400. The minimum Gasteiger partial charge on any atom is -0.493 e. The Morgan fingerprint density at radius 3 is 2.73 bits per heavy atom. The highest BCUT2D eigenvalue weighted by Crippen LogP contribution is 2.32. The van der Waals surface area contributed by atoms with E-state index in [1.54, 1.807) is 16.4 Å². The lowest BCUT2D eigenvalue weighted by atomic mass is 10.1. The highest BCUT2D eigenvalue weighted by molar-refractivity contribution is 7.89. The number of aryl methyl sites for hydroxylation is 1. The predicted molar refractivity (Wildman–Crippen MR) is 98.1 cm³/mol. The van der Waals surface area contributed by atoms with E-state index < -0.39 is 10.0 Å². The Morgan fingerprint density at radius 1 is 1.12 bits per heavy atom. The number of benzene rings is 2. The second-order valence-corrected chi connectivity index (χ2v) is 9.05. The second kappa shape index (κ2) is 7.00. The zero-order valence-corrected chi connectivity index (χ0v) is 15.3. The fourth-order valence-electron chi connectivity index (χ4n) is 3.39. The van der Waals surface area contributed by atoms with Crippen LogP contribution < -0.4 is 4.74 Å². The van der Waals surface area contributed by atoms with Gasteiger partial charge in [0.05, 0.1) is 12.4 Å². The van der Waals surface area contributed by atoms with Crippen molar-refractivity contribution in [2.24, 2.45) is 0 Å². The Morgan fingerprint density at radius 2 is 1.96 bits per heavy atom. The maximum atomic E-state index is 13.4. The normalized spacial score (nSPS) is 16.5. The largest absolute Gasteiger partial charge is 0.493 e. The summed E-state index contributed by atoms with van der Waals surface area (Å²) in [5.74, 6) is 0.636. The van der Waals surface area contributed by atoms with E-state index in [0.29, 0.717) is 18.6 Å². The van der Waals surface area contributed by atoms with Crippen LogP contribution in [0.15, 0.2) is 42.5 Å². The van der Waals surface area contributed by atoms with E-state index in [-0.39, 0.29) is 24.2 Å². The molecule has 1 heterocycles. The molecule has 2 aromatic rings. The van der Waals surface area contributed by atoms with E-state index in [2.05, 4.69) is 0 Å². The summed E-state index contributed by atoms with van der Waals surface area (Å²) in [5, 5.41) is 0. The summed E-state index contributed by atoms with van der Waals surface area (Å²) in [5.41, 5.74) is 2.85. The molecule has 0 N–H and O–H groups in total. The first-order valence-electron chi connectivity index (χ1n) is 9.00. The molecule has 0 saturated heterocycles. The van der Waals surface area contributed by atoms with Gasteiger partial charge in [-0.05, 0) is 54.2 Å². The molecule has 2 aliphatic rings. The molecule has 26 heavy (non-hydrogen) atoms. The molecular formula is C20H22FNO3S. The van der Waals surface area contributed by atoms with Crippen LogP contribution in [-0.2, 0) is 29.4 Å². The van der Waals surface area contributed by atoms with E-state index >= 15 is 0 Å². The van der Waals surface area contributed by atoms with Crippen LogP contribution in [0.2, 0.25) is 0 Å². The van der Waals surface area contributed by atoms with Gasteiger partial charge in [0.2, 0.25) is 10.0 Å². The summed E-state index contributed by atoms with van der Waals surface area (Å²) < 4.78 is 46.3. The molecule has 2 aromatic carbocycles. The summed E-state index contributed by atoms with van der Waals surface area (Å²) in [4.78, 5) is 0. The van der Waals surface area contributed by atoms with Gasteiger partial charge >= 0.3 is 0 Å². The number of ether oxygens (including phenoxy) is 1. The van der Waals surface area contributed by atoms with Crippen LogP contribution in [0.1, 0.15) is 29.5 Å². The molecular weight excluding hydrogens is 353 g/mol. The van der Waals surface area contributed by atoms with Crippen molar-refractivity contribution in [1.29, 1.82) is 0 Å². The molecule has 0 amide bonds. The summed E-state index contributed by atoms with van der Waals surface area (Å²) in [6.45, 7) is 0.933. The van der Waals surface area contributed by atoms with E-state index in [9.17, 15) is 12.8 Å². The van der Waals surface area contributed by atoms with Crippen molar-refractivity contribution in [1.82, 2.24) is 4.31 Å². The summed E-state index contributed by atoms with van der Waals surface area (Å²) in [6.07, 6.45) is 3.11. The van der Waals surface area contributed by atoms with Gasteiger partial charge in [-0.15, -0.1) is 0 Å². The van der Waals surface area contributed by atoms with Crippen LogP contribution in [0.5, 0.6) is 5.75 Å². The van der Waals surface area contributed by atoms with Gasteiger partial charge in [0, 0.05) is 19.0 Å². The van der Waals surface area contributed by atoms with Crippen LogP contribution in [0.25, 0.3) is 0 Å². The zero-order valence-electron chi connectivity index (χ0n) is 14.5. The van der Waals surface area contributed by atoms with Crippen LogP contribution in [0, 0.1) is 5.82 Å². The zero-order chi connectivity index (χ0) is 18.1. The third kappa shape index (κ3) is 3.91. The number of fused-ring (bicyclic) bond motifs is 1. The lowest BCUT2D eigenvalue weighted by molar-refractivity contribution is 0.357. The van der Waals surface area contributed by atoms with Crippen molar-refractivity contribution < 1.29 is 17.5 Å². The number of nitrogens with zero attached hydrogens (tertiary/aromatic N) is 1. The van der Waals surface area contributed by atoms with E-state index in [0.717, 1.165) is 36.1 Å². The van der Waals surface area contributed by atoms with Gasteiger partial charge in [-0.2, -0.15) is 4.31 Å². The third-order valence-corrected chi connectivity index (χ3v) is 6.80. The monoisotopic (exact) mass is 375 g/mol. The van der Waals surface area contributed by atoms with E-state index in [1.165, 1.54) is 12.1 Å². The van der Waals surface area contributed by atoms with Gasteiger partial charge in [0.1, 0.15) is 11.6 Å². The van der Waals surface area contributed by atoms with E-state index in [1.807, 2.05) is 18.2 Å². The summed E-state index contributed by atoms with van der Waals surface area (Å²) in [7, 11) is -3.40. The minimum absolute atomic E-state index is 0.0525. The molecule has 0 spiro atoms. The quantitative estimate of drug-likeness (QED) is 0.746. The molecule has 1 fully saturated rings. The first-order chi connectivity index (χ1) is 12.5. The molecule has 1 saturated carbocycles. The van der Waals surface area contributed by atoms with Gasteiger partial charge in [-0.3, -0.25) is 0 Å². The number of rotatable bonds is 7. The molecule has 0 aromatic heterocycles. The molecule has 0 unspecified atom stereocenters. The number of hydrogen-bond donors (Lipinski definition) is 0. The number of halogens is 1. The maximum absolute atomic E-state index is 13.4. The van der Waals surface area contributed by atoms with Crippen LogP contribution in [0.4, 0.5) is 4.39 Å². The molecule has 0 atom stereocenters. The van der Waals surface area contributed by atoms with Crippen molar-refractivity contribution in [3.05, 3.63) is 65.0 Å². The van der Waals surface area contributed by atoms with Gasteiger partial charge in [-0.25, -0.2) is 12.8 Å². The van der Waals surface area contributed by atoms with Crippen LogP contribution >= 0.6 is 0 Å². The topological polar surface area (TPSA) is 46.6 Å². The highest BCUT2D eigenvalue weighted by Gasteiger charge is 2.36. The lowest BCUT2D eigenvalue weighted by Crippen LogP contribution is -2.35. The van der Waals surface area contributed by atoms with Crippen LogP contribution in [-0.4, -0.2) is 31.1 Å². The second-order valence-electron chi connectivity index (χ2n) is 7.01. The summed E-state index contributed by atoms with van der Waals surface area (Å²) in [6, 6.07) is 12.1. The first kappa shape index (κ1) is 17.5. The van der Waals surface area contributed by atoms with Crippen molar-refractivity contribution in [3.8, 4) is 5.75 Å². The van der Waals surface area contributed by atoms with Gasteiger partial charge in [0.25, 0.3) is 0 Å². The predicted octanol–water partition coefficient (Wildman–Crippen LogP) is 3.30. The standard InChI is InChI=1S/C20H22FNO3S/c21-18-3-1-2-16(13-18)14-22(19-5-6-19)26(23,24)11-9-15-4-7-20-17(12-15)8-10-25-20/h1-4,7,12-13,19H,5-6,8-11,14H2. The smallest absolute Gasteiger partial charge is 0.214 e. The highest BCUT2D eigenvalue weighted by atomic mass is 32.2. The lowest BCUT2D eigenvalue weighted by Gasteiger charge is -2.22. The molecule has 4 nitrogen and oxygen atoms in total. The van der Waals surface area contributed by atoms with Gasteiger partial charge in [-0.1, -0.05) is 24.3 Å². The van der Waals surface area contributed by atoms with Crippen LogP contribution in [0.3, 0.4) is 0 Å². The molecule has 0 bridgehead atoms.